The van der Waals surface area contributed by atoms with E-state index in [1.54, 1.807) is 6.20 Å². The van der Waals surface area contributed by atoms with Crippen LogP contribution < -0.4 is 20.4 Å². The van der Waals surface area contributed by atoms with Crippen molar-refractivity contribution in [1.29, 1.82) is 0 Å². The number of morpholine rings is 1. The molecule has 2 fully saturated rings. The van der Waals surface area contributed by atoms with Crippen LogP contribution in [0, 0.1) is 0 Å². The van der Waals surface area contributed by atoms with E-state index in [0.717, 1.165) is 30.8 Å². The zero-order valence-corrected chi connectivity index (χ0v) is 22.2. The molecular weight excluding hydrogens is 510 g/mol. The Bertz CT molecular complexity index is 1360. The summed E-state index contributed by atoms with van der Waals surface area (Å²) in [7, 11) is 0. The van der Waals surface area contributed by atoms with E-state index in [2.05, 4.69) is 52.8 Å². The van der Waals surface area contributed by atoms with Crippen molar-refractivity contribution in [2.75, 3.05) is 61.1 Å². The second-order valence-electron chi connectivity index (χ2n) is 9.91. The van der Waals surface area contributed by atoms with E-state index in [4.69, 9.17) is 4.74 Å². The fourth-order valence-corrected chi connectivity index (χ4v) is 4.98. The third-order valence-electron chi connectivity index (χ3n) is 7.02. The fourth-order valence-electron chi connectivity index (χ4n) is 4.98. The van der Waals surface area contributed by atoms with Crippen LogP contribution in [0.25, 0.3) is 0 Å². The van der Waals surface area contributed by atoms with Crippen molar-refractivity contribution in [3.63, 3.8) is 0 Å². The highest BCUT2D eigenvalue weighted by molar-refractivity contribution is 5.52. The molecule has 5 heterocycles. The molecule has 2 saturated heterocycles. The number of rotatable bonds is 9. The van der Waals surface area contributed by atoms with Gasteiger partial charge < -0.3 is 30.3 Å². The summed E-state index contributed by atoms with van der Waals surface area (Å²) < 4.78 is 7.61. The summed E-state index contributed by atoms with van der Waals surface area (Å²) in [5.74, 6) is 1.59. The van der Waals surface area contributed by atoms with Gasteiger partial charge in [-0.05, 0) is 11.1 Å². The summed E-state index contributed by atoms with van der Waals surface area (Å²) in [4.78, 5) is 26.6. The van der Waals surface area contributed by atoms with Crippen LogP contribution in [0.3, 0.4) is 0 Å². The van der Waals surface area contributed by atoms with Crippen LogP contribution in [0.1, 0.15) is 11.1 Å². The van der Waals surface area contributed by atoms with Gasteiger partial charge in [0.2, 0.25) is 17.8 Å². The molecule has 0 amide bonds. The maximum absolute atomic E-state index is 10.2. The third-order valence-corrected chi connectivity index (χ3v) is 7.02. The number of aliphatic hydroxyl groups is 1. The minimum Gasteiger partial charge on any atom is -0.394 e. The minimum absolute atomic E-state index is 0.0404. The molecule has 2 unspecified atom stereocenters. The van der Waals surface area contributed by atoms with Gasteiger partial charge >= 0.3 is 0 Å². The van der Waals surface area contributed by atoms with Crippen LogP contribution in [-0.4, -0.2) is 97.9 Å². The first kappa shape index (κ1) is 26.0. The van der Waals surface area contributed by atoms with Gasteiger partial charge in [-0.3, -0.25) is 4.68 Å². The molecule has 3 N–H and O–H groups in total. The Balaban J connectivity index is 1.07. The standard InChI is InChI=1S/C27H33N11O2/c39-18-23-16-36(7-8-38(23)26-29-11-21(12-30-26)10-20-4-2-1-3-5-20)27-32-19-31-25(35-27)34-22-13-33-37(15-22)17-24-14-28-6-9-40-24/h1-5,11-13,15,19,23-24,28,39H,6-10,14,16-18H2,(H,31,32,34,35). The average molecular weight is 544 g/mol. The molecule has 2 aliphatic heterocycles. The molecule has 208 valence electrons. The van der Waals surface area contributed by atoms with E-state index in [9.17, 15) is 5.11 Å². The maximum atomic E-state index is 10.2. The number of ether oxygens (including phenoxy) is 1. The lowest BCUT2D eigenvalue weighted by Gasteiger charge is -2.40. The topological polar surface area (TPSA) is 142 Å². The lowest BCUT2D eigenvalue weighted by atomic mass is 10.1. The number of nitrogens with one attached hydrogen (secondary N) is 2. The van der Waals surface area contributed by atoms with Gasteiger partial charge in [0, 0.05) is 57.7 Å². The second kappa shape index (κ2) is 12.3. The van der Waals surface area contributed by atoms with Gasteiger partial charge in [-0.1, -0.05) is 30.3 Å². The maximum Gasteiger partial charge on any atom is 0.232 e. The number of hydrogen-bond donors (Lipinski definition) is 3. The third kappa shape index (κ3) is 6.33. The molecule has 1 aromatic carbocycles. The molecule has 13 nitrogen and oxygen atoms in total. The molecule has 2 aliphatic rings. The molecule has 2 atom stereocenters. The first-order chi connectivity index (χ1) is 19.7. The summed E-state index contributed by atoms with van der Waals surface area (Å²) in [6.07, 6.45) is 9.74. The highest BCUT2D eigenvalue weighted by Gasteiger charge is 2.30. The van der Waals surface area contributed by atoms with Gasteiger partial charge in [0.05, 0.1) is 43.8 Å². The van der Waals surface area contributed by atoms with E-state index in [-0.39, 0.29) is 18.8 Å². The largest absolute Gasteiger partial charge is 0.394 e. The van der Waals surface area contributed by atoms with Gasteiger partial charge in [0.25, 0.3) is 0 Å². The highest BCUT2D eigenvalue weighted by atomic mass is 16.5. The summed E-state index contributed by atoms with van der Waals surface area (Å²) >= 11 is 0. The zero-order chi connectivity index (χ0) is 27.1. The van der Waals surface area contributed by atoms with Crippen LogP contribution in [0.5, 0.6) is 0 Å². The molecule has 0 aliphatic carbocycles. The fraction of sp³-hybridized carbons (Fsp3) is 0.407. The first-order valence-electron chi connectivity index (χ1n) is 13.5. The van der Waals surface area contributed by atoms with Crippen molar-refractivity contribution < 1.29 is 9.84 Å². The van der Waals surface area contributed by atoms with Crippen LogP contribution >= 0.6 is 0 Å². The Morgan fingerprint density at radius 3 is 2.67 bits per heavy atom. The Kier molecular flexibility index (Phi) is 8.02. The molecule has 0 radical (unpaired) electrons. The van der Waals surface area contributed by atoms with E-state index in [1.165, 1.54) is 11.9 Å². The van der Waals surface area contributed by atoms with Gasteiger partial charge in [-0.2, -0.15) is 10.1 Å². The van der Waals surface area contributed by atoms with E-state index >= 15 is 0 Å². The predicted molar refractivity (Wildman–Crippen MR) is 150 cm³/mol. The van der Waals surface area contributed by atoms with Crippen molar-refractivity contribution in [3.05, 3.63) is 72.6 Å². The smallest absolute Gasteiger partial charge is 0.232 e. The summed E-state index contributed by atoms with van der Waals surface area (Å²) in [5.41, 5.74) is 3.04. The quantitative estimate of drug-likeness (QED) is 0.276. The Morgan fingerprint density at radius 2 is 1.88 bits per heavy atom. The van der Waals surface area contributed by atoms with E-state index in [0.29, 0.717) is 50.6 Å². The summed E-state index contributed by atoms with van der Waals surface area (Å²) in [6.45, 7) is 4.85. The van der Waals surface area contributed by atoms with Gasteiger partial charge in [0.1, 0.15) is 6.33 Å². The number of aromatic nitrogens is 7. The number of hydrogen-bond acceptors (Lipinski definition) is 12. The summed E-state index contributed by atoms with van der Waals surface area (Å²) in [5, 5.41) is 21.2. The highest BCUT2D eigenvalue weighted by Crippen LogP contribution is 2.21. The minimum atomic E-state index is -0.198. The lowest BCUT2D eigenvalue weighted by Crippen LogP contribution is -2.56. The molecule has 0 bridgehead atoms. The van der Waals surface area contributed by atoms with Crippen molar-refractivity contribution in [1.82, 2.24) is 40.0 Å². The van der Waals surface area contributed by atoms with Gasteiger partial charge in [-0.15, -0.1) is 0 Å². The zero-order valence-electron chi connectivity index (χ0n) is 22.2. The van der Waals surface area contributed by atoms with E-state index < -0.39 is 0 Å². The SMILES string of the molecule is OCC1CN(c2ncnc(Nc3cnn(CC4CNCCO4)c3)n2)CCN1c1ncc(Cc2ccccc2)cn1. The lowest BCUT2D eigenvalue weighted by molar-refractivity contribution is 0.0161. The average Bonchev–Trinajstić information content (AvgIpc) is 3.44. The van der Waals surface area contributed by atoms with E-state index in [1.807, 2.05) is 51.3 Å². The second-order valence-corrected chi connectivity index (χ2v) is 9.91. The molecule has 13 heteroatoms. The number of aliphatic hydroxyl groups excluding tert-OH is 1. The molecule has 0 saturated carbocycles. The van der Waals surface area contributed by atoms with Gasteiger partial charge in [-0.25, -0.2) is 19.9 Å². The van der Waals surface area contributed by atoms with Crippen molar-refractivity contribution in [2.45, 2.75) is 25.1 Å². The Morgan fingerprint density at radius 1 is 1.00 bits per heavy atom. The van der Waals surface area contributed by atoms with Crippen LogP contribution in [-0.2, 0) is 17.7 Å². The monoisotopic (exact) mass is 543 g/mol. The molecule has 6 rings (SSSR count). The molecule has 0 spiro atoms. The molecule has 4 aromatic rings. The van der Waals surface area contributed by atoms with Crippen molar-refractivity contribution in [2.24, 2.45) is 0 Å². The Labute approximate surface area is 232 Å². The molecule has 40 heavy (non-hydrogen) atoms. The number of piperazine rings is 1. The summed E-state index contributed by atoms with van der Waals surface area (Å²) in [6, 6.07) is 10.1. The predicted octanol–water partition coefficient (Wildman–Crippen LogP) is 0.868. The van der Waals surface area contributed by atoms with Crippen molar-refractivity contribution >= 4 is 23.5 Å². The number of anilines is 4. The van der Waals surface area contributed by atoms with Crippen LogP contribution in [0.2, 0.25) is 0 Å². The number of benzene rings is 1. The first-order valence-corrected chi connectivity index (χ1v) is 13.5. The van der Waals surface area contributed by atoms with Gasteiger partial charge in [0.15, 0.2) is 0 Å². The Hall–Kier alpha value is -4.20. The van der Waals surface area contributed by atoms with Crippen LogP contribution in [0.15, 0.2) is 61.4 Å². The molecular formula is C27H33N11O2. The molecule has 3 aromatic heterocycles. The normalized spacial score (nSPS) is 19.5. The van der Waals surface area contributed by atoms with Crippen molar-refractivity contribution in [3.8, 4) is 0 Å². The number of nitrogens with zero attached hydrogens (tertiary/aromatic N) is 9. The van der Waals surface area contributed by atoms with Crippen LogP contribution in [0.4, 0.5) is 23.5 Å².